The number of amides is 2. The molecule has 1 aromatic rings. The fraction of sp³-hybridized carbons (Fsp3) is 0.474. The minimum absolute atomic E-state index is 0.111. The van der Waals surface area contributed by atoms with E-state index in [9.17, 15) is 14.7 Å². The van der Waals surface area contributed by atoms with Crippen molar-refractivity contribution in [2.45, 2.75) is 45.4 Å². The Bertz CT molecular complexity index is 601. The monoisotopic (exact) mass is 331 g/mol. The quantitative estimate of drug-likeness (QED) is 0.812. The molecule has 0 unspecified atom stereocenters. The number of hydrogen-bond donors (Lipinski definition) is 1. The molecule has 0 radical (unpaired) electrons. The average molecular weight is 331 g/mol. The van der Waals surface area contributed by atoms with Crippen molar-refractivity contribution in [2.24, 2.45) is 11.8 Å². The van der Waals surface area contributed by atoms with Gasteiger partial charge in [-0.25, -0.2) is 9.69 Å². The lowest BCUT2D eigenvalue weighted by Crippen LogP contribution is -2.45. The Morgan fingerprint density at radius 2 is 2.00 bits per heavy atom. The molecule has 1 saturated heterocycles. The van der Waals surface area contributed by atoms with Crippen LogP contribution in [0.25, 0.3) is 0 Å². The van der Waals surface area contributed by atoms with E-state index in [0.29, 0.717) is 6.42 Å². The SMILES string of the molecule is C=CC[C@H](C)[C@H](O)[C@H](C)C(=O)N1C(=O)O[C@@H](c2ccccc2)[C@H]1C. The predicted molar refractivity (Wildman–Crippen MR) is 91.1 cm³/mol. The Labute approximate surface area is 142 Å². The van der Waals surface area contributed by atoms with E-state index in [1.54, 1.807) is 19.9 Å². The van der Waals surface area contributed by atoms with Crippen molar-refractivity contribution in [3.8, 4) is 0 Å². The minimum atomic E-state index is -0.841. The van der Waals surface area contributed by atoms with Gasteiger partial charge in [0.25, 0.3) is 0 Å². The zero-order valence-corrected chi connectivity index (χ0v) is 14.4. The number of carbonyl (C=O) groups excluding carboxylic acids is 2. The number of cyclic esters (lactones) is 1. The lowest BCUT2D eigenvalue weighted by molar-refractivity contribution is -0.137. The summed E-state index contributed by atoms with van der Waals surface area (Å²) in [5.41, 5.74) is 0.849. The van der Waals surface area contributed by atoms with E-state index in [-0.39, 0.29) is 5.92 Å². The largest absolute Gasteiger partial charge is 0.439 e. The molecule has 1 heterocycles. The molecule has 2 amide bonds. The number of aliphatic hydroxyl groups is 1. The third-order valence-electron chi connectivity index (χ3n) is 4.66. The van der Waals surface area contributed by atoms with E-state index >= 15 is 0 Å². The molecular weight excluding hydrogens is 306 g/mol. The van der Waals surface area contributed by atoms with E-state index in [0.717, 1.165) is 10.5 Å². The van der Waals surface area contributed by atoms with E-state index < -0.39 is 36.2 Å². The molecular formula is C19H25NO4. The highest BCUT2D eigenvalue weighted by Gasteiger charge is 2.45. The molecule has 1 aromatic carbocycles. The molecule has 5 heteroatoms. The Hall–Kier alpha value is -2.14. The third kappa shape index (κ3) is 3.51. The van der Waals surface area contributed by atoms with Crippen molar-refractivity contribution in [3.05, 3.63) is 48.6 Å². The summed E-state index contributed by atoms with van der Waals surface area (Å²) in [4.78, 5) is 26.1. The van der Waals surface area contributed by atoms with Crippen molar-refractivity contribution >= 4 is 12.0 Å². The maximum Gasteiger partial charge on any atom is 0.417 e. The van der Waals surface area contributed by atoms with E-state index in [4.69, 9.17) is 4.74 Å². The van der Waals surface area contributed by atoms with Crippen molar-refractivity contribution in [2.75, 3.05) is 0 Å². The van der Waals surface area contributed by atoms with Crippen LogP contribution in [0.3, 0.4) is 0 Å². The number of allylic oxidation sites excluding steroid dienone is 1. The van der Waals surface area contributed by atoms with Crippen LogP contribution >= 0.6 is 0 Å². The average Bonchev–Trinajstić information content (AvgIpc) is 2.88. The summed E-state index contributed by atoms with van der Waals surface area (Å²) < 4.78 is 5.40. The summed E-state index contributed by atoms with van der Waals surface area (Å²) in [7, 11) is 0. The Morgan fingerprint density at radius 1 is 1.38 bits per heavy atom. The summed E-state index contributed by atoms with van der Waals surface area (Å²) in [5, 5.41) is 10.4. The highest BCUT2D eigenvalue weighted by Crippen LogP contribution is 2.34. The van der Waals surface area contributed by atoms with Gasteiger partial charge in [-0.05, 0) is 24.8 Å². The van der Waals surface area contributed by atoms with Crippen LogP contribution in [-0.4, -0.2) is 34.2 Å². The first kappa shape index (κ1) is 18.2. The van der Waals surface area contributed by atoms with Crippen LogP contribution in [0, 0.1) is 11.8 Å². The van der Waals surface area contributed by atoms with E-state index in [1.165, 1.54) is 0 Å². The smallest absolute Gasteiger partial charge is 0.417 e. The third-order valence-corrected chi connectivity index (χ3v) is 4.66. The maximum absolute atomic E-state index is 12.7. The Kier molecular flexibility index (Phi) is 5.78. The van der Waals surface area contributed by atoms with Crippen molar-refractivity contribution in [1.29, 1.82) is 0 Å². The van der Waals surface area contributed by atoms with Crippen LogP contribution in [0.1, 0.15) is 38.9 Å². The topological polar surface area (TPSA) is 66.8 Å². The molecule has 1 aliphatic heterocycles. The second-order valence-corrected chi connectivity index (χ2v) is 6.44. The standard InChI is InChI=1S/C19H25NO4/c1-5-9-12(2)16(21)13(3)18(22)20-14(4)17(24-19(20)23)15-10-7-6-8-11-15/h5-8,10-14,16-17,21H,1,9H2,2-4H3/t12-,13-,14+,16-,17+/m0/s1. The molecule has 5 nitrogen and oxygen atoms in total. The van der Waals surface area contributed by atoms with Gasteiger partial charge in [-0.15, -0.1) is 6.58 Å². The Balaban J connectivity index is 2.14. The summed E-state index contributed by atoms with van der Waals surface area (Å²) >= 11 is 0. The first-order chi connectivity index (χ1) is 11.4. The van der Waals surface area contributed by atoms with Crippen LogP contribution in [0.15, 0.2) is 43.0 Å². The normalized spacial score (nSPS) is 24.2. The number of nitrogens with zero attached hydrogens (tertiary/aromatic N) is 1. The number of benzene rings is 1. The first-order valence-corrected chi connectivity index (χ1v) is 8.26. The van der Waals surface area contributed by atoms with E-state index in [1.807, 2.05) is 37.3 Å². The highest BCUT2D eigenvalue weighted by atomic mass is 16.6. The van der Waals surface area contributed by atoms with Crippen LogP contribution in [0.5, 0.6) is 0 Å². The number of ether oxygens (including phenoxy) is 1. The second-order valence-electron chi connectivity index (χ2n) is 6.44. The van der Waals surface area contributed by atoms with Gasteiger partial charge in [0.1, 0.15) is 6.10 Å². The molecule has 5 atom stereocenters. The van der Waals surface area contributed by atoms with Gasteiger partial charge in [0.2, 0.25) is 5.91 Å². The molecule has 0 aliphatic carbocycles. The lowest BCUT2D eigenvalue weighted by Gasteiger charge is -2.27. The minimum Gasteiger partial charge on any atom is -0.439 e. The highest BCUT2D eigenvalue weighted by molar-refractivity contribution is 5.95. The zero-order chi connectivity index (χ0) is 17.9. The number of imide groups is 1. The molecule has 0 saturated carbocycles. The molecule has 0 spiro atoms. The predicted octanol–water partition coefficient (Wildman–Crippen LogP) is 3.30. The van der Waals surface area contributed by atoms with Gasteiger partial charge in [0.05, 0.1) is 18.1 Å². The molecule has 1 N–H and O–H groups in total. The van der Waals surface area contributed by atoms with Gasteiger partial charge in [-0.3, -0.25) is 4.79 Å². The summed E-state index contributed by atoms with van der Waals surface area (Å²) in [6, 6.07) is 8.93. The molecule has 130 valence electrons. The zero-order valence-electron chi connectivity index (χ0n) is 14.4. The van der Waals surface area contributed by atoms with Gasteiger partial charge in [-0.2, -0.15) is 0 Å². The van der Waals surface area contributed by atoms with Crippen molar-refractivity contribution in [3.63, 3.8) is 0 Å². The fourth-order valence-electron chi connectivity index (χ4n) is 3.11. The van der Waals surface area contributed by atoms with Gasteiger partial charge in [-0.1, -0.05) is 50.3 Å². The summed E-state index contributed by atoms with van der Waals surface area (Å²) in [5.74, 6) is -1.21. The van der Waals surface area contributed by atoms with Crippen LogP contribution in [0.4, 0.5) is 4.79 Å². The maximum atomic E-state index is 12.7. The number of carbonyl (C=O) groups is 2. The molecule has 2 rings (SSSR count). The van der Waals surface area contributed by atoms with Crippen molar-refractivity contribution < 1.29 is 19.4 Å². The van der Waals surface area contributed by atoms with Gasteiger partial charge >= 0.3 is 6.09 Å². The van der Waals surface area contributed by atoms with Crippen LogP contribution < -0.4 is 0 Å². The van der Waals surface area contributed by atoms with Crippen molar-refractivity contribution in [1.82, 2.24) is 4.90 Å². The first-order valence-electron chi connectivity index (χ1n) is 8.26. The molecule has 0 aromatic heterocycles. The molecule has 1 fully saturated rings. The molecule has 0 bridgehead atoms. The fourth-order valence-corrected chi connectivity index (χ4v) is 3.11. The second kappa shape index (κ2) is 7.62. The van der Waals surface area contributed by atoms with Crippen LogP contribution in [-0.2, 0) is 9.53 Å². The Morgan fingerprint density at radius 3 is 2.58 bits per heavy atom. The molecule has 1 aliphatic rings. The molecule has 24 heavy (non-hydrogen) atoms. The number of aliphatic hydroxyl groups excluding tert-OH is 1. The lowest BCUT2D eigenvalue weighted by atomic mass is 9.89. The van der Waals surface area contributed by atoms with Crippen LogP contribution in [0.2, 0.25) is 0 Å². The number of hydrogen-bond acceptors (Lipinski definition) is 4. The number of rotatable bonds is 6. The van der Waals surface area contributed by atoms with Gasteiger partial charge in [0.15, 0.2) is 0 Å². The summed E-state index contributed by atoms with van der Waals surface area (Å²) in [6.07, 6.45) is 0.329. The van der Waals surface area contributed by atoms with Gasteiger partial charge < -0.3 is 9.84 Å². The summed E-state index contributed by atoms with van der Waals surface area (Å²) in [6.45, 7) is 8.93. The van der Waals surface area contributed by atoms with Gasteiger partial charge in [0, 0.05) is 0 Å². The van der Waals surface area contributed by atoms with E-state index in [2.05, 4.69) is 6.58 Å².